The highest BCUT2D eigenvalue weighted by Gasteiger charge is 2.39. The second-order valence-corrected chi connectivity index (χ2v) is 32.4. The third-order valence-corrected chi connectivity index (χ3v) is 21.2. The minimum absolute atomic E-state index is 0.000756. The predicted octanol–water partition coefficient (Wildman–Crippen LogP) is 20.0. The Bertz CT molecular complexity index is 3970. The summed E-state index contributed by atoms with van der Waals surface area (Å²) in [4.78, 5) is 43.1. The van der Waals surface area contributed by atoms with Crippen molar-refractivity contribution >= 4 is 80.5 Å². The number of likely N-dealkylation sites (tertiary alicyclic amines) is 3. The quantitative estimate of drug-likeness (QED) is 0.0434. The topological polar surface area (TPSA) is 172 Å². The normalized spacial score (nSPS) is 17.6. The zero-order valence-corrected chi connectivity index (χ0v) is 70.9. The second kappa shape index (κ2) is 45.1. The number of aliphatic carboxylic acids is 1. The molecule has 4 unspecified atom stereocenters. The molecule has 7 aromatic rings. The number of carboxylic acid groups (broad SMARTS) is 1. The molecule has 4 fully saturated rings. The molecular formula is C86H108AlCl4F9N4O9. The van der Waals surface area contributed by atoms with Gasteiger partial charge in [0.05, 0.1) is 46.1 Å². The van der Waals surface area contributed by atoms with Crippen LogP contribution in [-0.2, 0) is 54.6 Å². The maximum atomic E-state index is 13.2. The molecule has 4 heterocycles. The first-order valence-corrected chi connectivity index (χ1v) is 41.5. The van der Waals surface area contributed by atoms with Crippen molar-refractivity contribution in [1.82, 2.24) is 20.0 Å². The Balaban J connectivity index is 0.000000254. The van der Waals surface area contributed by atoms with Crippen molar-refractivity contribution in [2.24, 2.45) is 23.7 Å². The maximum absolute atomic E-state index is 13.2. The van der Waals surface area contributed by atoms with Gasteiger partial charge in [0, 0.05) is 96.4 Å². The van der Waals surface area contributed by atoms with Crippen LogP contribution in [0, 0.1) is 23.7 Å². The van der Waals surface area contributed by atoms with Gasteiger partial charge in [-0.1, -0.05) is 109 Å². The highest BCUT2D eigenvalue weighted by Crippen LogP contribution is 2.37. The summed E-state index contributed by atoms with van der Waals surface area (Å²) in [6, 6.07) is 42.9. The maximum Gasteiger partial charge on any atom is 0.416 e. The average Bonchev–Trinajstić information content (AvgIpc) is 0.806. The number of aromatic hydroxyl groups is 1. The number of nitrogens with one attached hydrogen (secondary N) is 1. The zero-order valence-electron chi connectivity index (χ0n) is 65.9. The van der Waals surface area contributed by atoms with Crippen molar-refractivity contribution in [2.75, 3.05) is 85.3 Å². The molecule has 0 bridgehead atoms. The third-order valence-electron chi connectivity index (χ3n) is 20.2. The Morgan fingerprint density at radius 3 is 1.07 bits per heavy atom. The predicted molar refractivity (Wildman–Crippen MR) is 434 cm³/mol. The molecule has 0 saturated carbocycles. The largest absolute Gasteiger partial charge is 0.508 e. The molecule has 13 nitrogen and oxygen atoms in total. The van der Waals surface area contributed by atoms with Gasteiger partial charge in [0.2, 0.25) is 28.1 Å². The van der Waals surface area contributed by atoms with Gasteiger partial charge in [-0.15, -0.1) is 5.79 Å². The Morgan fingerprint density at radius 1 is 0.425 bits per heavy atom. The fraction of sp³-hybridized carbons (Fsp3) is 0.477. The first kappa shape index (κ1) is 96.8. The molecule has 113 heavy (non-hydrogen) atoms. The third kappa shape index (κ3) is 31.7. The molecular weight excluding hydrogens is 1570 g/mol. The summed E-state index contributed by atoms with van der Waals surface area (Å²) in [5.74, 6) is 3.43. The number of carboxylic acids is 1. The van der Waals surface area contributed by atoms with Gasteiger partial charge in [0.1, 0.15) is 17.2 Å². The minimum atomic E-state index is -4.36. The Morgan fingerprint density at radius 2 is 0.735 bits per heavy atom. The molecule has 27 heteroatoms. The van der Waals surface area contributed by atoms with Crippen LogP contribution in [0.25, 0.3) is 0 Å². The Kier molecular flexibility index (Phi) is 38.7. The number of hydrogen-bond donors (Lipinski definition) is 5. The lowest BCUT2D eigenvalue weighted by Crippen LogP contribution is -2.48. The average molecular weight is 1680 g/mol. The number of nitrogens with zero attached hydrogens (tertiary/aromatic N) is 3. The van der Waals surface area contributed by atoms with Crippen LogP contribution in [0.4, 0.5) is 39.5 Å². The number of ether oxygens (including phenoxy) is 2. The van der Waals surface area contributed by atoms with Gasteiger partial charge in [-0.3, -0.25) is 14.4 Å². The molecule has 4 aliphatic heterocycles. The first-order chi connectivity index (χ1) is 53.0. The number of aliphatic hydroxyl groups excluding tert-OH is 2. The molecule has 4 aliphatic rings. The number of benzene rings is 7. The van der Waals surface area contributed by atoms with Crippen LogP contribution >= 0.6 is 46.4 Å². The SMILES string of the molecule is CC(C)(C(=O)N1CCCC(CO)C1)c1ccc(Cl)cc1.CC(C)(C(=O)N1CCCC(COc2ccc(C(F)(F)F)cc2)C1)c1ccc(Cl)cc1.CC(C)(C(=O)O)c1ccc(Cl)cc1.CC(C)(CN1CCCC(COc2ccc(C(F)(F)F)cc2)C1)c1ccc(Cl)cc1.OCC1CCCNC1.Oc1ccc(C(F)(F)F)cc1.[CH3][AlH2]. The number of hydrogen-bond acceptors (Lipinski definition) is 10. The van der Waals surface area contributed by atoms with Gasteiger partial charge in [-0.05, 0) is 261 Å². The van der Waals surface area contributed by atoms with E-state index >= 15 is 0 Å². The van der Waals surface area contributed by atoms with Gasteiger partial charge < -0.3 is 49.9 Å². The van der Waals surface area contributed by atoms with Gasteiger partial charge in [0.15, 0.2) is 0 Å². The van der Waals surface area contributed by atoms with E-state index in [1.807, 2.05) is 86.0 Å². The molecule has 0 aliphatic carbocycles. The molecule has 0 radical (unpaired) electrons. The van der Waals surface area contributed by atoms with Crippen LogP contribution in [0.1, 0.15) is 146 Å². The number of halogens is 13. The fourth-order valence-electron chi connectivity index (χ4n) is 13.2. The van der Waals surface area contributed by atoms with Gasteiger partial charge in [-0.2, -0.15) is 39.5 Å². The van der Waals surface area contributed by atoms with Gasteiger partial charge >= 0.3 is 24.5 Å². The Labute approximate surface area is 687 Å². The monoisotopic (exact) mass is 1680 g/mol. The van der Waals surface area contributed by atoms with Gasteiger partial charge in [0.25, 0.3) is 0 Å². The van der Waals surface area contributed by atoms with Crippen molar-refractivity contribution in [3.8, 4) is 17.2 Å². The summed E-state index contributed by atoms with van der Waals surface area (Å²) in [5, 5.41) is 41.4. The number of piperidine rings is 4. The lowest BCUT2D eigenvalue weighted by Gasteiger charge is -2.38. The molecule has 2 amide bonds. The van der Waals surface area contributed by atoms with E-state index < -0.39 is 57.4 Å². The molecule has 7 aromatic carbocycles. The fourth-order valence-corrected chi connectivity index (χ4v) is 13.7. The molecule has 11 rings (SSSR count). The van der Waals surface area contributed by atoms with E-state index in [0.29, 0.717) is 77.9 Å². The van der Waals surface area contributed by atoms with E-state index in [9.17, 15) is 59.0 Å². The number of carbonyl (C=O) groups is 3. The van der Waals surface area contributed by atoms with Crippen LogP contribution in [0.2, 0.25) is 25.9 Å². The van der Waals surface area contributed by atoms with E-state index in [-0.39, 0.29) is 41.4 Å². The molecule has 620 valence electrons. The summed E-state index contributed by atoms with van der Waals surface area (Å²) in [7, 11) is 0. The number of amides is 2. The van der Waals surface area contributed by atoms with Crippen LogP contribution < -0.4 is 14.8 Å². The number of phenolic OH excluding ortho intramolecular Hbond substituents is 1. The zero-order chi connectivity index (χ0) is 84.1. The van der Waals surface area contributed by atoms with Crippen LogP contribution in [-0.4, -0.2) is 155 Å². The van der Waals surface area contributed by atoms with Crippen molar-refractivity contribution in [3.05, 3.63) is 229 Å². The molecule has 0 spiro atoms. The van der Waals surface area contributed by atoms with E-state index in [0.717, 1.165) is 148 Å². The van der Waals surface area contributed by atoms with Crippen LogP contribution in [0.15, 0.2) is 170 Å². The molecule has 4 saturated heterocycles. The summed E-state index contributed by atoms with van der Waals surface area (Å²) in [5.41, 5.74) is -0.330. The summed E-state index contributed by atoms with van der Waals surface area (Å²) in [6.45, 7) is 24.6. The van der Waals surface area contributed by atoms with Crippen molar-refractivity contribution in [3.63, 3.8) is 0 Å². The van der Waals surface area contributed by atoms with Crippen LogP contribution in [0.5, 0.6) is 17.2 Å². The van der Waals surface area contributed by atoms with Gasteiger partial charge in [-0.25, -0.2) is 0 Å². The molecule has 5 N–H and O–H groups in total. The smallest absolute Gasteiger partial charge is 0.416 e. The Hall–Kier alpha value is -6.75. The van der Waals surface area contributed by atoms with Crippen molar-refractivity contribution in [2.45, 2.75) is 153 Å². The van der Waals surface area contributed by atoms with Crippen LogP contribution in [0.3, 0.4) is 0 Å². The number of aliphatic hydroxyl groups is 2. The molecule has 0 aromatic heterocycles. The highest BCUT2D eigenvalue weighted by molar-refractivity contribution is 6.31. The summed E-state index contributed by atoms with van der Waals surface area (Å²) < 4.78 is 123. The van der Waals surface area contributed by atoms with E-state index in [1.165, 1.54) is 59.0 Å². The van der Waals surface area contributed by atoms with E-state index in [4.69, 9.17) is 71.2 Å². The second-order valence-electron chi connectivity index (χ2n) is 30.6. The standard InChI is InChI=1S/C23H25ClF3NO2.C23H27ClF3NO.C16H22ClNO2.C10H11ClO2.C7H5F3O.C6H13NO.CH3.Al.2H/c1-22(2,17-5-9-19(24)10-6-17)21(29)28-13-3-4-16(14-28)15-30-20-11-7-18(8-12-20)23(25,26)27;1-22(2,18-5-9-20(24)10-6-18)16-28-13-3-4-17(14-28)15-29-21-11-7-19(8-12-21)23(25,26)27;1-16(2,13-5-7-14(17)8-6-13)15(20)18-9-3-4-12(10-18)11-19;1-10(2,9(12)13)7-3-5-8(11)6-4-7;8-7(9,10)5-1-3-6(11)4-2-5;8-5-6-2-1-3-7-4-6;;;;/h5-12,16H,3-4,13-15H2,1-2H3;5-12,17H,3-4,13-16H2,1-2H3;5-8,12,19H,3-4,9-11H2,1-2H3;3-6H,1-2H3,(H,12,13);1-4,11H;6-8H,1-5H2;1H3;;;. The summed E-state index contributed by atoms with van der Waals surface area (Å²) >= 11 is 24.9. The minimum Gasteiger partial charge on any atom is -0.508 e. The van der Waals surface area contributed by atoms with E-state index in [2.05, 4.69) is 42.0 Å². The van der Waals surface area contributed by atoms with Crippen molar-refractivity contribution in [1.29, 1.82) is 0 Å². The van der Waals surface area contributed by atoms with E-state index in [1.54, 1.807) is 50.2 Å². The van der Waals surface area contributed by atoms with Crippen molar-refractivity contribution < 1.29 is 83.8 Å². The lowest BCUT2D eigenvalue weighted by atomic mass is 9.82. The number of rotatable bonds is 17. The molecule has 4 atom stereocenters. The highest BCUT2D eigenvalue weighted by atomic mass is 35.5. The first-order valence-electron chi connectivity index (χ1n) is 38.0. The number of carbonyl (C=O) groups excluding carboxylic acids is 2. The number of alkyl halides is 9. The number of phenols is 1. The summed E-state index contributed by atoms with van der Waals surface area (Å²) in [6.07, 6.45) is -4.68. The lowest BCUT2D eigenvalue weighted by molar-refractivity contribution is -0.142.